The molecule has 0 saturated carbocycles. The highest BCUT2D eigenvalue weighted by atomic mass is 79.9. The molecule has 2 radical (unpaired) electrons. The minimum Gasteiger partial charge on any atom is -1.00 e. The average Bonchev–Trinajstić information content (AvgIpc) is 1.69. The Morgan fingerprint density at radius 3 is 1.44 bits per heavy atom. The fourth-order valence-electron chi connectivity index (χ4n) is 0.479. The molecule has 3 heteroatoms. The molecular formula is C6H14Br2Si-2. The summed E-state index contributed by atoms with van der Waals surface area (Å²) >= 11 is 0. The fraction of sp³-hybridized carbons (Fsp3) is 1.00. The van der Waals surface area contributed by atoms with Crippen molar-refractivity contribution in [3.8, 4) is 0 Å². The monoisotopic (exact) mass is 272 g/mol. The van der Waals surface area contributed by atoms with Crippen LogP contribution in [0.2, 0.25) is 12.1 Å². The molecule has 9 heavy (non-hydrogen) atoms. The van der Waals surface area contributed by atoms with Crippen LogP contribution in [-0.2, 0) is 0 Å². The van der Waals surface area contributed by atoms with Crippen LogP contribution in [0.3, 0.4) is 0 Å². The van der Waals surface area contributed by atoms with Crippen molar-refractivity contribution in [3.05, 3.63) is 0 Å². The summed E-state index contributed by atoms with van der Waals surface area (Å²) in [6.07, 6.45) is 2.75. The Hall–Kier alpha value is 1.18. The van der Waals surface area contributed by atoms with Gasteiger partial charge in [-0.3, -0.25) is 0 Å². The van der Waals surface area contributed by atoms with Gasteiger partial charge in [0.05, 0.1) is 0 Å². The zero-order valence-electron chi connectivity index (χ0n) is 6.08. The summed E-state index contributed by atoms with van der Waals surface area (Å²) in [5, 5.41) is 0. The van der Waals surface area contributed by atoms with Gasteiger partial charge in [0.1, 0.15) is 0 Å². The molecule has 0 atom stereocenters. The first kappa shape index (κ1) is 16.6. The van der Waals surface area contributed by atoms with E-state index in [1.54, 1.807) is 0 Å². The molecular weight excluding hydrogens is 260 g/mol. The van der Waals surface area contributed by atoms with Crippen LogP contribution in [0.4, 0.5) is 0 Å². The molecule has 0 heterocycles. The molecule has 0 saturated heterocycles. The van der Waals surface area contributed by atoms with Gasteiger partial charge in [0, 0.05) is 9.52 Å². The van der Waals surface area contributed by atoms with Gasteiger partial charge in [-0.25, -0.2) is 0 Å². The van der Waals surface area contributed by atoms with Crippen LogP contribution in [0.1, 0.15) is 26.7 Å². The van der Waals surface area contributed by atoms with Crippen molar-refractivity contribution in [1.29, 1.82) is 0 Å². The molecule has 0 aliphatic heterocycles. The SMILES string of the molecule is CCC[Si]CCC.[Br-].[Br-]. The number of halogens is 2. The summed E-state index contributed by atoms with van der Waals surface area (Å²) < 4.78 is 0. The third kappa shape index (κ3) is 17.6. The smallest absolute Gasteiger partial charge is 0.0377 e. The third-order valence-electron chi connectivity index (χ3n) is 0.854. The van der Waals surface area contributed by atoms with E-state index in [9.17, 15) is 0 Å². The molecule has 0 aromatic carbocycles. The van der Waals surface area contributed by atoms with Crippen LogP contribution < -0.4 is 34.0 Å². The Labute approximate surface area is 82.2 Å². The Bertz CT molecular complexity index is 30.2. The highest BCUT2D eigenvalue weighted by Gasteiger charge is 1.82. The van der Waals surface area contributed by atoms with Crippen molar-refractivity contribution in [2.24, 2.45) is 0 Å². The maximum Gasteiger partial charge on any atom is 0.0377 e. The lowest BCUT2D eigenvalue weighted by atomic mass is 10.6. The molecule has 58 valence electrons. The van der Waals surface area contributed by atoms with Crippen LogP contribution in [0, 0.1) is 0 Å². The summed E-state index contributed by atoms with van der Waals surface area (Å²) in [6.45, 7) is 4.51. The molecule has 0 aromatic heterocycles. The summed E-state index contributed by atoms with van der Waals surface area (Å²) in [5.74, 6) is 0. The molecule has 0 unspecified atom stereocenters. The Morgan fingerprint density at radius 2 is 1.22 bits per heavy atom. The first-order chi connectivity index (χ1) is 3.41. The standard InChI is InChI=1S/C6H14Si.2BrH/c1-3-5-7-6-4-2;;/h3-6H2,1-2H3;2*1H/p-2. The summed E-state index contributed by atoms with van der Waals surface area (Å²) in [6, 6.07) is 2.90. The van der Waals surface area contributed by atoms with Gasteiger partial charge in [0.15, 0.2) is 0 Å². The first-order valence-electron chi connectivity index (χ1n) is 3.12. The Kier molecular flexibility index (Phi) is 29.7. The van der Waals surface area contributed by atoms with E-state index in [1.807, 2.05) is 0 Å². The van der Waals surface area contributed by atoms with Gasteiger partial charge in [-0.2, -0.15) is 0 Å². The Balaban J connectivity index is -0.000000180. The molecule has 0 amide bonds. The van der Waals surface area contributed by atoms with Crippen LogP contribution in [0.15, 0.2) is 0 Å². The van der Waals surface area contributed by atoms with Crippen molar-refractivity contribution < 1.29 is 34.0 Å². The first-order valence-corrected chi connectivity index (χ1v) is 4.54. The third-order valence-corrected chi connectivity index (χ3v) is 2.56. The highest BCUT2D eigenvalue weighted by Crippen LogP contribution is 1.92. The molecule has 0 fully saturated rings. The normalized spacial score (nSPS) is 7.33. The molecule has 0 aromatic rings. The number of rotatable bonds is 4. The predicted octanol–water partition coefficient (Wildman–Crippen LogP) is -3.64. The minimum absolute atomic E-state index is 0. The molecule has 0 N–H and O–H groups in total. The van der Waals surface area contributed by atoms with Crippen molar-refractivity contribution >= 4 is 9.52 Å². The summed E-state index contributed by atoms with van der Waals surface area (Å²) in [4.78, 5) is 0. The second kappa shape index (κ2) is 16.1. The molecule has 0 rings (SSSR count). The van der Waals surface area contributed by atoms with Crippen LogP contribution >= 0.6 is 0 Å². The van der Waals surface area contributed by atoms with Gasteiger partial charge in [-0.05, 0) is 0 Å². The molecule has 0 aliphatic rings. The maximum absolute atomic E-state index is 2.25. The highest BCUT2D eigenvalue weighted by molar-refractivity contribution is 6.35. The van der Waals surface area contributed by atoms with Crippen molar-refractivity contribution in [3.63, 3.8) is 0 Å². The van der Waals surface area contributed by atoms with Gasteiger partial charge in [0.2, 0.25) is 0 Å². The zero-order chi connectivity index (χ0) is 5.54. The maximum atomic E-state index is 2.25. The quantitative estimate of drug-likeness (QED) is 0.366. The van der Waals surface area contributed by atoms with Crippen LogP contribution in [-0.4, -0.2) is 9.52 Å². The van der Waals surface area contributed by atoms with E-state index in [0.717, 1.165) is 0 Å². The molecule has 0 spiro atoms. The van der Waals surface area contributed by atoms with Gasteiger partial charge < -0.3 is 34.0 Å². The van der Waals surface area contributed by atoms with Gasteiger partial charge in [-0.1, -0.05) is 38.8 Å². The van der Waals surface area contributed by atoms with Crippen molar-refractivity contribution in [1.82, 2.24) is 0 Å². The van der Waals surface area contributed by atoms with E-state index >= 15 is 0 Å². The number of hydrogen-bond acceptors (Lipinski definition) is 0. The molecule has 0 nitrogen and oxygen atoms in total. The molecule has 0 aliphatic carbocycles. The van der Waals surface area contributed by atoms with Crippen molar-refractivity contribution in [2.75, 3.05) is 0 Å². The second-order valence-electron chi connectivity index (χ2n) is 1.75. The second-order valence-corrected chi connectivity index (χ2v) is 3.25. The van der Waals surface area contributed by atoms with Crippen molar-refractivity contribution in [2.45, 2.75) is 38.8 Å². The van der Waals surface area contributed by atoms with Gasteiger partial charge in [0.25, 0.3) is 0 Å². The lowest BCUT2D eigenvalue weighted by Crippen LogP contribution is -3.00. The van der Waals surface area contributed by atoms with E-state index in [0.29, 0.717) is 0 Å². The zero-order valence-corrected chi connectivity index (χ0v) is 10.3. The summed E-state index contributed by atoms with van der Waals surface area (Å²) in [7, 11) is 1.23. The van der Waals surface area contributed by atoms with Crippen LogP contribution in [0.5, 0.6) is 0 Å². The predicted molar refractivity (Wildman–Crippen MR) is 35.9 cm³/mol. The van der Waals surface area contributed by atoms with Crippen LogP contribution in [0.25, 0.3) is 0 Å². The molecule has 0 bridgehead atoms. The lowest BCUT2D eigenvalue weighted by molar-refractivity contribution is -0.001000. The lowest BCUT2D eigenvalue weighted by Gasteiger charge is -1.88. The van der Waals surface area contributed by atoms with E-state index < -0.39 is 0 Å². The average molecular weight is 274 g/mol. The largest absolute Gasteiger partial charge is 1.00 e. The fourth-order valence-corrected chi connectivity index (χ4v) is 1.44. The minimum atomic E-state index is 0. The Morgan fingerprint density at radius 1 is 0.889 bits per heavy atom. The van der Waals surface area contributed by atoms with E-state index in [-0.39, 0.29) is 34.0 Å². The van der Waals surface area contributed by atoms with Gasteiger partial charge in [-0.15, -0.1) is 0 Å². The number of hydrogen-bond donors (Lipinski definition) is 0. The topological polar surface area (TPSA) is 0 Å². The van der Waals surface area contributed by atoms with E-state index in [4.69, 9.17) is 0 Å². The van der Waals surface area contributed by atoms with E-state index in [2.05, 4.69) is 13.8 Å². The van der Waals surface area contributed by atoms with Gasteiger partial charge >= 0.3 is 0 Å². The van der Waals surface area contributed by atoms with E-state index in [1.165, 1.54) is 34.4 Å². The summed E-state index contributed by atoms with van der Waals surface area (Å²) in [5.41, 5.74) is 0.